The third-order valence-electron chi connectivity index (χ3n) is 7.11. The number of nitrogens with zero attached hydrogens (tertiary/aromatic N) is 1. The monoisotopic (exact) mass is 663 g/mol. The zero-order chi connectivity index (χ0) is 35.3. The van der Waals surface area contributed by atoms with Crippen LogP contribution in [0.3, 0.4) is 0 Å². The van der Waals surface area contributed by atoms with E-state index in [1.54, 1.807) is 32.9 Å². The lowest BCUT2D eigenvalue weighted by atomic mass is 9.92. The SMILES string of the molecule is CC(C)(C)OC(=O)[C@H](CCCCN1C(=O)C=CC1=O)NC(=O)[C@@H](CC(=O)CNC(=O)c1cccc(OCC(=O)O)c1)Cc1ccccc1. The molecular weight excluding hydrogens is 622 g/mol. The fraction of sp³-hybridized carbons (Fsp3) is 0.400. The zero-order valence-corrected chi connectivity index (χ0v) is 27.2. The van der Waals surface area contributed by atoms with Crippen LogP contribution in [-0.4, -0.2) is 82.7 Å². The number of imide groups is 1. The molecule has 0 saturated carbocycles. The van der Waals surface area contributed by atoms with Gasteiger partial charge < -0.3 is 25.2 Å². The summed E-state index contributed by atoms with van der Waals surface area (Å²) in [7, 11) is 0. The number of hydrogen-bond acceptors (Lipinski definition) is 9. The Labute approximate surface area is 278 Å². The van der Waals surface area contributed by atoms with E-state index in [4.69, 9.17) is 14.6 Å². The average Bonchev–Trinajstić information content (AvgIpc) is 3.35. The van der Waals surface area contributed by atoms with E-state index in [0.717, 1.165) is 10.5 Å². The average molecular weight is 664 g/mol. The number of amides is 4. The van der Waals surface area contributed by atoms with Crippen LogP contribution in [0.1, 0.15) is 62.4 Å². The molecule has 1 aliphatic heterocycles. The van der Waals surface area contributed by atoms with Crippen molar-refractivity contribution in [3.63, 3.8) is 0 Å². The summed E-state index contributed by atoms with van der Waals surface area (Å²) in [6.07, 6.45) is 3.29. The predicted molar refractivity (Wildman–Crippen MR) is 173 cm³/mol. The van der Waals surface area contributed by atoms with Crippen LogP contribution in [0.4, 0.5) is 0 Å². The molecule has 2 aromatic carbocycles. The van der Waals surface area contributed by atoms with Gasteiger partial charge >= 0.3 is 11.9 Å². The third-order valence-corrected chi connectivity index (χ3v) is 7.11. The molecule has 13 nitrogen and oxygen atoms in total. The summed E-state index contributed by atoms with van der Waals surface area (Å²) in [5, 5.41) is 14.1. The predicted octanol–water partition coefficient (Wildman–Crippen LogP) is 2.62. The van der Waals surface area contributed by atoms with Gasteiger partial charge in [-0.15, -0.1) is 0 Å². The molecule has 48 heavy (non-hydrogen) atoms. The molecule has 0 aromatic heterocycles. The summed E-state index contributed by atoms with van der Waals surface area (Å²) < 4.78 is 10.7. The molecular formula is C35H41N3O10. The van der Waals surface area contributed by atoms with Crippen molar-refractivity contribution in [2.24, 2.45) is 5.92 Å². The van der Waals surface area contributed by atoms with Gasteiger partial charge in [-0.05, 0) is 70.2 Å². The van der Waals surface area contributed by atoms with Gasteiger partial charge in [-0.2, -0.15) is 0 Å². The van der Waals surface area contributed by atoms with Crippen LogP contribution >= 0.6 is 0 Å². The van der Waals surface area contributed by atoms with Gasteiger partial charge in [0.1, 0.15) is 17.4 Å². The standard InChI is InChI=1S/C35H41N3O10/c1-35(2,3)48-34(46)28(14-7-8-17-38-29(40)15-16-30(38)41)37-33(45)25(18-23-10-5-4-6-11-23)19-26(39)21-36-32(44)24-12-9-13-27(20-24)47-22-31(42)43/h4-6,9-13,15-16,20,25,28H,7-8,14,17-19,21-22H2,1-3H3,(H,36,44)(H,37,45)(H,42,43)/t25-,28+/m1/s1. The minimum absolute atomic E-state index is 0.152. The van der Waals surface area contributed by atoms with E-state index in [2.05, 4.69) is 10.6 Å². The van der Waals surface area contributed by atoms with Crippen molar-refractivity contribution in [3.8, 4) is 5.75 Å². The largest absolute Gasteiger partial charge is 0.482 e. The molecule has 0 aliphatic carbocycles. The Hall–Kier alpha value is -5.33. The van der Waals surface area contributed by atoms with E-state index in [0.29, 0.717) is 12.8 Å². The maximum absolute atomic E-state index is 13.7. The van der Waals surface area contributed by atoms with Crippen LogP contribution in [0.2, 0.25) is 0 Å². The number of Topliss-reactive ketones (excluding diaryl/α,β-unsaturated/α-hetero) is 1. The van der Waals surface area contributed by atoms with Crippen molar-refractivity contribution in [3.05, 3.63) is 77.9 Å². The van der Waals surface area contributed by atoms with Gasteiger partial charge in [0, 0.05) is 36.6 Å². The molecule has 0 spiro atoms. The Morgan fingerprint density at radius 2 is 1.60 bits per heavy atom. The Morgan fingerprint density at radius 3 is 2.25 bits per heavy atom. The summed E-state index contributed by atoms with van der Waals surface area (Å²) in [6.45, 7) is 4.30. The van der Waals surface area contributed by atoms with Gasteiger partial charge in [0.25, 0.3) is 17.7 Å². The molecule has 0 fully saturated rings. The van der Waals surface area contributed by atoms with Crippen LogP contribution in [0.5, 0.6) is 5.75 Å². The molecule has 3 rings (SSSR count). The highest BCUT2D eigenvalue weighted by Gasteiger charge is 2.31. The number of aliphatic carboxylic acids is 1. The summed E-state index contributed by atoms with van der Waals surface area (Å²) in [6, 6.07) is 13.8. The van der Waals surface area contributed by atoms with Crippen molar-refractivity contribution >= 4 is 41.4 Å². The number of carboxylic acid groups (broad SMARTS) is 1. The van der Waals surface area contributed by atoms with Crippen LogP contribution in [-0.2, 0) is 39.9 Å². The Kier molecular flexibility index (Phi) is 13.6. The zero-order valence-electron chi connectivity index (χ0n) is 27.2. The van der Waals surface area contributed by atoms with E-state index in [1.807, 2.05) is 18.2 Å². The van der Waals surface area contributed by atoms with Gasteiger partial charge in [0.2, 0.25) is 5.91 Å². The number of carbonyl (C=O) groups excluding carboxylic acids is 6. The van der Waals surface area contributed by atoms with E-state index < -0.39 is 65.5 Å². The molecule has 13 heteroatoms. The number of esters is 1. The third kappa shape index (κ3) is 12.5. The van der Waals surface area contributed by atoms with Gasteiger partial charge in [0.05, 0.1) is 6.54 Å². The van der Waals surface area contributed by atoms with Gasteiger partial charge in [-0.25, -0.2) is 9.59 Å². The molecule has 4 amide bonds. The fourth-order valence-corrected chi connectivity index (χ4v) is 4.84. The summed E-state index contributed by atoms with van der Waals surface area (Å²) in [5.41, 5.74) is 0.105. The lowest BCUT2D eigenvalue weighted by Crippen LogP contribution is -2.47. The number of carboxylic acids is 1. The van der Waals surface area contributed by atoms with Crippen LogP contribution in [0.15, 0.2) is 66.7 Å². The van der Waals surface area contributed by atoms with Crippen LogP contribution in [0, 0.1) is 5.92 Å². The van der Waals surface area contributed by atoms with E-state index in [1.165, 1.54) is 36.4 Å². The number of rotatable bonds is 18. The van der Waals surface area contributed by atoms with Crippen LogP contribution in [0.25, 0.3) is 0 Å². The number of ketones is 1. The Balaban J connectivity index is 1.67. The Morgan fingerprint density at radius 1 is 0.917 bits per heavy atom. The smallest absolute Gasteiger partial charge is 0.341 e. The van der Waals surface area contributed by atoms with E-state index in [9.17, 15) is 33.6 Å². The molecule has 0 bridgehead atoms. The second kappa shape index (κ2) is 17.5. The summed E-state index contributed by atoms with van der Waals surface area (Å²) in [5.74, 6) is -4.92. The van der Waals surface area contributed by atoms with Gasteiger partial charge in [-0.1, -0.05) is 36.4 Å². The number of nitrogens with one attached hydrogen (secondary N) is 2. The minimum Gasteiger partial charge on any atom is -0.482 e. The molecule has 0 unspecified atom stereocenters. The highest BCUT2D eigenvalue weighted by atomic mass is 16.6. The normalized spacial score (nSPS) is 13.9. The van der Waals surface area contributed by atoms with E-state index in [-0.39, 0.29) is 43.7 Å². The van der Waals surface area contributed by atoms with Gasteiger partial charge in [0.15, 0.2) is 12.4 Å². The molecule has 1 heterocycles. The first-order chi connectivity index (χ1) is 22.7. The first kappa shape index (κ1) is 37.1. The van der Waals surface area contributed by atoms with Crippen LogP contribution < -0.4 is 15.4 Å². The highest BCUT2D eigenvalue weighted by molar-refractivity contribution is 6.12. The molecule has 1 aliphatic rings. The maximum Gasteiger partial charge on any atom is 0.341 e. The highest BCUT2D eigenvalue weighted by Crippen LogP contribution is 2.18. The van der Waals surface area contributed by atoms with E-state index >= 15 is 0 Å². The summed E-state index contributed by atoms with van der Waals surface area (Å²) >= 11 is 0. The van der Waals surface area contributed by atoms with Gasteiger partial charge in [-0.3, -0.25) is 28.9 Å². The lowest BCUT2D eigenvalue weighted by Gasteiger charge is -2.26. The molecule has 2 atom stereocenters. The minimum atomic E-state index is -1.17. The molecule has 3 N–H and O–H groups in total. The number of unbranched alkanes of at least 4 members (excludes halogenated alkanes) is 1. The molecule has 0 radical (unpaired) electrons. The first-order valence-electron chi connectivity index (χ1n) is 15.6. The number of ether oxygens (including phenoxy) is 2. The fourth-order valence-electron chi connectivity index (χ4n) is 4.84. The molecule has 0 saturated heterocycles. The van der Waals surface area contributed by atoms with Crippen molar-refractivity contribution in [2.75, 3.05) is 19.7 Å². The molecule has 2 aromatic rings. The lowest BCUT2D eigenvalue weighted by molar-refractivity contribution is -0.159. The topological polar surface area (TPSA) is 185 Å². The van der Waals surface area contributed by atoms with Crippen molar-refractivity contribution < 1.29 is 48.1 Å². The number of carbonyl (C=O) groups is 7. The number of benzene rings is 2. The molecule has 256 valence electrons. The number of hydrogen-bond donors (Lipinski definition) is 3. The quantitative estimate of drug-likeness (QED) is 0.122. The van der Waals surface area contributed by atoms with Crippen molar-refractivity contribution in [1.82, 2.24) is 15.5 Å². The van der Waals surface area contributed by atoms with Crippen molar-refractivity contribution in [1.29, 1.82) is 0 Å². The van der Waals surface area contributed by atoms with Crippen molar-refractivity contribution in [2.45, 2.75) is 64.5 Å². The Bertz CT molecular complexity index is 1510. The first-order valence-corrected chi connectivity index (χ1v) is 15.6. The second-order valence-electron chi connectivity index (χ2n) is 12.3. The second-order valence-corrected chi connectivity index (χ2v) is 12.3. The summed E-state index contributed by atoms with van der Waals surface area (Å²) in [4.78, 5) is 88.2. The maximum atomic E-state index is 13.7.